The maximum atomic E-state index is 10.4. The van der Waals surface area contributed by atoms with E-state index in [1.165, 1.54) is 5.56 Å². The second-order valence-corrected chi connectivity index (χ2v) is 4.12. The molecular formula is C12H17NO. The molecule has 76 valence electrons. The van der Waals surface area contributed by atoms with Crippen LogP contribution in [-0.2, 0) is 12.0 Å². The van der Waals surface area contributed by atoms with Crippen molar-refractivity contribution in [3.05, 3.63) is 35.4 Å². The van der Waals surface area contributed by atoms with Crippen LogP contribution in [-0.4, -0.2) is 17.7 Å². The number of hydrogen-bond donors (Lipinski definition) is 2. The predicted octanol–water partition coefficient (Wildman–Crippen LogP) is 1.43. The van der Waals surface area contributed by atoms with Crippen LogP contribution in [0.4, 0.5) is 0 Å². The molecule has 0 radical (unpaired) electrons. The third-order valence-corrected chi connectivity index (χ3v) is 3.12. The van der Waals surface area contributed by atoms with Gasteiger partial charge in [0.1, 0.15) is 5.60 Å². The van der Waals surface area contributed by atoms with Crippen molar-refractivity contribution in [1.82, 2.24) is 5.32 Å². The molecule has 0 heterocycles. The van der Waals surface area contributed by atoms with E-state index in [4.69, 9.17) is 0 Å². The van der Waals surface area contributed by atoms with E-state index in [0.29, 0.717) is 0 Å². The zero-order valence-electron chi connectivity index (χ0n) is 8.75. The summed E-state index contributed by atoms with van der Waals surface area (Å²) in [6.45, 7) is 4.86. The summed E-state index contributed by atoms with van der Waals surface area (Å²) in [4.78, 5) is 0. The Labute approximate surface area is 85.0 Å². The average Bonchev–Trinajstić information content (AvgIpc) is 2.41. The summed E-state index contributed by atoms with van der Waals surface area (Å²) >= 11 is 0. The fraction of sp³-hybridized carbons (Fsp3) is 0.500. The Bertz CT molecular complexity index is 333. The fourth-order valence-electron chi connectivity index (χ4n) is 2.32. The van der Waals surface area contributed by atoms with Crippen LogP contribution in [0.25, 0.3) is 0 Å². The van der Waals surface area contributed by atoms with Crippen molar-refractivity contribution in [3.63, 3.8) is 0 Å². The summed E-state index contributed by atoms with van der Waals surface area (Å²) in [7, 11) is 0. The SMILES string of the molecule is CCNC1Cc2ccccc2C1(C)O. The van der Waals surface area contributed by atoms with Crippen molar-refractivity contribution < 1.29 is 5.11 Å². The lowest BCUT2D eigenvalue weighted by Crippen LogP contribution is -2.43. The van der Waals surface area contributed by atoms with E-state index in [1.807, 2.05) is 25.1 Å². The molecule has 0 saturated carbocycles. The molecule has 14 heavy (non-hydrogen) atoms. The standard InChI is InChI=1S/C12H17NO/c1-3-13-11-8-9-6-4-5-7-10(9)12(11,2)14/h4-7,11,13-14H,3,8H2,1-2H3. The van der Waals surface area contributed by atoms with Crippen LogP contribution in [0.15, 0.2) is 24.3 Å². The molecule has 0 spiro atoms. The fourth-order valence-corrected chi connectivity index (χ4v) is 2.32. The van der Waals surface area contributed by atoms with Gasteiger partial charge < -0.3 is 10.4 Å². The van der Waals surface area contributed by atoms with Crippen LogP contribution in [0.2, 0.25) is 0 Å². The normalized spacial score (nSPS) is 30.4. The molecule has 0 saturated heterocycles. The topological polar surface area (TPSA) is 32.3 Å². The second-order valence-electron chi connectivity index (χ2n) is 4.12. The molecule has 2 rings (SSSR count). The Morgan fingerprint density at radius 2 is 2.21 bits per heavy atom. The summed E-state index contributed by atoms with van der Waals surface area (Å²) in [6.07, 6.45) is 0.928. The molecule has 2 unspecified atom stereocenters. The van der Waals surface area contributed by atoms with Gasteiger partial charge in [0, 0.05) is 6.04 Å². The number of nitrogens with one attached hydrogen (secondary N) is 1. The zero-order chi connectivity index (χ0) is 10.2. The van der Waals surface area contributed by atoms with Gasteiger partial charge in [0.05, 0.1) is 0 Å². The first-order chi connectivity index (χ1) is 6.66. The smallest absolute Gasteiger partial charge is 0.103 e. The van der Waals surface area contributed by atoms with E-state index < -0.39 is 5.60 Å². The minimum Gasteiger partial charge on any atom is -0.384 e. The van der Waals surface area contributed by atoms with Gasteiger partial charge in [0.15, 0.2) is 0 Å². The zero-order valence-corrected chi connectivity index (χ0v) is 8.75. The lowest BCUT2D eigenvalue weighted by Gasteiger charge is -2.27. The summed E-state index contributed by atoms with van der Waals surface area (Å²) in [5.74, 6) is 0. The Kier molecular flexibility index (Phi) is 2.33. The van der Waals surface area contributed by atoms with Crippen molar-refractivity contribution in [2.24, 2.45) is 0 Å². The summed E-state index contributed by atoms with van der Waals surface area (Å²) < 4.78 is 0. The van der Waals surface area contributed by atoms with E-state index in [2.05, 4.69) is 18.3 Å². The molecule has 0 bridgehead atoms. The predicted molar refractivity (Wildman–Crippen MR) is 57.2 cm³/mol. The number of benzene rings is 1. The monoisotopic (exact) mass is 191 g/mol. The molecule has 0 aromatic heterocycles. The molecule has 0 amide bonds. The maximum absolute atomic E-state index is 10.4. The molecule has 1 aliphatic carbocycles. The maximum Gasteiger partial charge on any atom is 0.103 e. The lowest BCUT2D eigenvalue weighted by molar-refractivity contribution is 0.0283. The first-order valence-electron chi connectivity index (χ1n) is 5.20. The Hall–Kier alpha value is -0.860. The van der Waals surface area contributed by atoms with Gasteiger partial charge in [-0.2, -0.15) is 0 Å². The third-order valence-electron chi connectivity index (χ3n) is 3.12. The van der Waals surface area contributed by atoms with Crippen molar-refractivity contribution in [2.45, 2.75) is 31.9 Å². The summed E-state index contributed by atoms with van der Waals surface area (Å²) in [5.41, 5.74) is 1.63. The van der Waals surface area contributed by atoms with Gasteiger partial charge in [-0.1, -0.05) is 31.2 Å². The van der Waals surface area contributed by atoms with Crippen LogP contribution >= 0.6 is 0 Å². The van der Waals surface area contributed by atoms with Crippen LogP contribution in [0.1, 0.15) is 25.0 Å². The van der Waals surface area contributed by atoms with E-state index in [0.717, 1.165) is 18.5 Å². The van der Waals surface area contributed by atoms with Gasteiger partial charge in [0.25, 0.3) is 0 Å². The average molecular weight is 191 g/mol. The second kappa shape index (κ2) is 3.37. The molecule has 1 aromatic carbocycles. The highest BCUT2D eigenvalue weighted by molar-refractivity contribution is 5.39. The molecule has 1 aliphatic rings. The van der Waals surface area contributed by atoms with Gasteiger partial charge >= 0.3 is 0 Å². The van der Waals surface area contributed by atoms with Crippen LogP contribution in [0.5, 0.6) is 0 Å². The highest BCUT2D eigenvalue weighted by atomic mass is 16.3. The number of aliphatic hydroxyl groups is 1. The van der Waals surface area contributed by atoms with Gasteiger partial charge in [-0.15, -0.1) is 0 Å². The van der Waals surface area contributed by atoms with E-state index in [-0.39, 0.29) is 6.04 Å². The van der Waals surface area contributed by atoms with E-state index in [1.54, 1.807) is 0 Å². The summed E-state index contributed by atoms with van der Waals surface area (Å²) in [6, 6.07) is 8.29. The highest BCUT2D eigenvalue weighted by Crippen LogP contribution is 2.36. The molecule has 1 aromatic rings. The highest BCUT2D eigenvalue weighted by Gasteiger charge is 2.40. The third kappa shape index (κ3) is 1.35. The van der Waals surface area contributed by atoms with Crippen molar-refractivity contribution in [3.8, 4) is 0 Å². The quantitative estimate of drug-likeness (QED) is 0.741. The van der Waals surface area contributed by atoms with E-state index in [9.17, 15) is 5.11 Å². The minimum absolute atomic E-state index is 0.157. The molecule has 0 aliphatic heterocycles. The molecule has 2 heteroatoms. The van der Waals surface area contributed by atoms with Crippen molar-refractivity contribution in [1.29, 1.82) is 0 Å². The Morgan fingerprint density at radius 1 is 1.50 bits per heavy atom. The molecule has 2 N–H and O–H groups in total. The van der Waals surface area contributed by atoms with Gasteiger partial charge in [-0.3, -0.25) is 0 Å². The van der Waals surface area contributed by atoms with Crippen LogP contribution in [0.3, 0.4) is 0 Å². The largest absolute Gasteiger partial charge is 0.384 e. The first-order valence-corrected chi connectivity index (χ1v) is 5.20. The van der Waals surface area contributed by atoms with Gasteiger partial charge in [-0.25, -0.2) is 0 Å². The number of rotatable bonds is 2. The molecule has 2 nitrogen and oxygen atoms in total. The van der Waals surface area contributed by atoms with Crippen LogP contribution < -0.4 is 5.32 Å². The Morgan fingerprint density at radius 3 is 2.86 bits per heavy atom. The number of likely N-dealkylation sites (N-methyl/N-ethyl adjacent to an activating group) is 1. The van der Waals surface area contributed by atoms with Crippen molar-refractivity contribution in [2.75, 3.05) is 6.54 Å². The van der Waals surface area contributed by atoms with Gasteiger partial charge in [0.2, 0.25) is 0 Å². The summed E-state index contributed by atoms with van der Waals surface area (Å²) in [5, 5.41) is 13.7. The molecule has 2 atom stereocenters. The number of hydrogen-bond acceptors (Lipinski definition) is 2. The minimum atomic E-state index is -0.716. The number of fused-ring (bicyclic) bond motifs is 1. The van der Waals surface area contributed by atoms with Crippen molar-refractivity contribution >= 4 is 0 Å². The molecular weight excluding hydrogens is 174 g/mol. The molecule has 0 fully saturated rings. The van der Waals surface area contributed by atoms with E-state index >= 15 is 0 Å². The Balaban J connectivity index is 2.35. The van der Waals surface area contributed by atoms with Crippen LogP contribution in [0, 0.1) is 0 Å². The first kappa shape index (κ1) is 9.69. The lowest BCUT2D eigenvalue weighted by atomic mass is 9.95. The van der Waals surface area contributed by atoms with Gasteiger partial charge in [-0.05, 0) is 31.0 Å².